The Hall–Kier alpha value is -3.72. The Morgan fingerprint density at radius 3 is 2.47 bits per heavy atom. The standard InChI is InChI=1S/C26H26ClFN4O4/c1-3-12-36-26(35)32-10-8-31(9-11-32)25(34)17-4-6-18-20(27)15-22(30-23(18)14-17)16-5-7-21(28)19(13-16)24(33)29-2/h4-7,13-15H,3,8-12H2,1-2H3,(H,29,33). The molecule has 3 amide bonds. The van der Waals surface area contributed by atoms with Crippen molar-refractivity contribution in [2.45, 2.75) is 13.3 Å². The van der Waals surface area contributed by atoms with Crippen LogP contribution in [0.5, 0.6) is 0 Å². The number of pyridine rings is 1. The third kappa shape index (κ3) is 5.26. The van der Waals surface area contributed by atoms with E-state index in [4.69, 9.17) is 16.3 Å². The fraction of sp³-hybridized carbons (Fsp3) is 0.308. The smallest absolute Gasteiger partial charge is 0.409 e. The second kappa shape index (κ2) is 10.9. The molecule has 3 aromatic rings. The molecule has 188 valence electrons. The van der Waals surface area contributed by atoms with Crippen LogP contribution in [0.2, 0.25) is 5.02 Å². The molecule has 10 heteroatoms. The van der Waals surface area contributed by atoms with Gasteiger partial charge in [0.2, 0.25) is 0 Å². The second-order valence-corrected chi connectivity index (χ2v) is 8.80. The Kier molecular flexibility index (Phi) is 7.69. The predicted molar refractivity (Wildman–Crippen MR) is 135 cm³/mol. The molecule has 1 N–H and O–H groups in total. The van der Waals surface area contributed by atoms with Crippen molar-refractivity contribution in [1.29, 1.82) is 0 Å². The van der Waals surface area contributed by atoms with Crippen LogP contribution in [-0.2, 0) is 4.74 Å². The van der Waals surface area contributed by atoms with E-state index in [-0.39, 0.29) is 17.6 Å². The topological polar surface area (TPSA) is 91.8 Å². The maximum atomic E-state index is 14.1. The maximum Gasteiger partial charge on any atom is 0.409 e. The normalized spacial score (nSPS) is 13.6. The number of nitrogens with one attached hydrogen (secondary N) is 1. The Morgan fingerprint density at radius 2 is 1.78 bits per heavy atom. The summed E-state index contributed by atoms with van der Waals surface area (Å²) >= 11 is 6.50. The third-order valence-electron chi connectivity index (χ3n) is 5.99. The van der Waals surface area contributed by atoms with Crippen molar-refractivity contribution in [2.75, 3.05) is 39.8 Å². The van der Waals surface area contributed by atoms with Gasteiger partial charge < -0.3 is 19.9 Å². The molecule has 1 saturated heterocycles. The highest BCUT2D eigenvalue weighted by atomic mass is 35.5. The van der Waals surface area contributed by atoms with E-state index in [0.717, 1.165) is 6.42 Å². The Morgan fingerprint density at radius 1 is 1.06 bits per heavy atom. The van der Waals surface area contributed by atoms with Gasteiger partial charge in [-0.2, -0.15) is 0 Å². The highest BCUT2D eigenvalue weighted by molar-refractivity contribution is 6.35. The Labute approximate surface area is 213 Å². The average Bonchev–Trinajstić information content (AvgIpc) is 2.90. The minimum Gasteiger partial charge on any atom is -0.449 e. The van der Waals surface area contributed by atoms with Gasteiger partial charge in [-0.1, -0.05) is 24.6 Å². The van der Waals surface area contributed by atoms with Gasteiger partial charge in [0.1, 0.15) is 5.82 Å². The van der Waals surface area contributed by atoms with Crippen LogP contribution in [0.1, 0.15) is 34.1 Å². The number of nitrogens with zero attached hydrogens (tertiary/aromatic N) is 3. The first kappa shape index (κ1) is 25.4. The summed E-state index contributed by atoms with van der Waals surface area (Å²) in [6.07, 6.45) is 0.392. The molecule has 0 bridgehead atoms. The van der Waals surface area contributed by atoms with Crippen LogP contribution in [0, 0.1) is 5.82 Å². The molecule has 0 spiro atoms. The number of carbonyl (C=O) groups excluding carboxylic acids is 3. The van der Waals surface area contributed by atoms with Crippen molar-refractivity contribution in [1.82, 2.24) is 20.1 Å². The summed E-state index contributed by atoms with van der Waals surface area (Å²) in [4.78, 5) is 45.2. The molecule has 1 aliphatic rings. The van der Waals surface area contributed by atoms with E-state index >= 15 is 0 Å². The number of fused-ring (bicyclic) bond motifs is 1. The van der Waals surface area contributed by atoms with Crippen molar-refractivity contribution >= 4 is 40.4 Å². The lowest BCUT2D eigenvalue weighted by molar-refractivity contribution is 0.0560. The van der Waals surface area contributed by atoms with Crippen LogP contribution in [0.15, 0.2) is 42.5 Å². The van der Waals surface area contributed by atoms with Gasteiger partial charge in [0.15, 0.2) is 0 Å². The van der Waals surface area contributed by atoms with Crippen molar-refractivity contribution < 1.29 is 23.5 Å². The molecule has 0 radical (unpaired) electrons. The van der Waals surface area contributed by atoms with Gasteiger partial charge in [-0.15, -0.1) is 0 Å². The minimum absolute atomic E-state index is 0.102. The van der Waals surface area contributed by atoms with Gasteiger partial charge >= 0.3 is 6.09 Å². The van der Waals surface area contributed by atoms with Gasteiger partial charge in [-0.3, -0.25) is 9.59 Å². The van der Waals surface area contributed by atoms with E-state index in [0.29, 0.717) is 65.5 Å². The second-order valence-electron chi connectivity index (χ2n) is 8.39. The summed E-state index contributed by atoms with van der Waals surface area (Å²) in [5.74, 6) is -1.37. The Balaban J connectivity index is 1.57. The zero-order chi connectivity index (χ0) is 25.8. The maximum absolute atomic E-state index is 14.1. The molecular weight excluding hydrogens is 487 g/mol. The monoisotopic (exact) mass is 512 g/mol. The van der Waals surface area contributed by atoms with E-state index in [1.165, 1.54) is 25.2 Å². The van der Waals surface area contributed by atoms with E-state index in [9.17, 15) is 18.8 Å². The summed E-state index contributed by atoms with van der Waals surface area (Å²) in [5.41, 5.74) is 1.80. The van der Waals surface area contributed by atoms with E-state index < -0.39 is 11.7 Å². The molecule has 8 nitrogen and oxygen atoms in total. The van der Waals surface area contributed by atoms with E-state index in [1.807, 2.05) is 6.92 Å². The van der Waals surface area contributed by atoms with Gasteiger partial charge in [-0.25, -0.2) is 14.2 Å². The number of halogens is 2. The van der Waals surface area contributed by atoms with Crippen molar-refractivity contribution in [3.05, 3.63) is 64.4 Å². The molecule has 0 atom stereocenters. The first-order valence-corrected chi connectivity index (χ1v) is 12.0. The summed E-state index contributed by atoms with van der Waals surface area (Å²) in [5, 5.41) is 3.49. The zero-order valence-electron chi connectivity index (χ0n) is 20.0. The van der Waals surface area contributed by atoms with E-state index in [1.54, 1.807) is 34.1 Å². The molecule has 1 aliphatic heterocycles. The quantitative estimate of drug-likeness (QED) is 0.548. The summed E-state index contributed by atoms with van der Waals surface area (Å²) in [6, 6.07) is 10.9. The minimum atomic E-state index is -0.642. The highest BCUT2D eigenvalue weighted by Gasteiger charge is 2.26. The number of aromatic nitrogens is 1. The van der Waals surface area contributed by atoms with Gasteiger partial charge in [-0.05, 0) is 42.8 Å². The van der Waals surface area contributed by atoms with Crippen LogP contribution in [0.25, 0.3) is 22.2 Å². The number of carbonyl (C=O) groups is 3. The number of ether oxygens (including phenoxy) is 1. The zero-order valence-corrected chi connectivity index (χ0v) is 20.8. The lowest BCUT2D eigenvalue weighted by atomic mass is 10.0. The van der Waals surface area contributed by atoms with Crippen molar-refractivity contribution in [3.63, 3.8) is 0 Å². The SMILES string of the molecule is CCCOC(=O)N1CCN(C(=O)c2ccc3c(Cl)cc(-c4ccc(F)c(C(=O)NC)c4)nc3c2)CC1. The first-order valence-electron chi connectivity index (χ1n) is 11.7. The van der Waals surface area contributed by atoms with Gasteiger partial charge in [0, 0.05) is 49.7 Å². The summed E-state index contributed by atoms with van der Waals surface area (Å²) in [7, 11) is 1.43. The lowest BCUT2D eigenvalue weighted by Crippen LogP contribution is -2.50. The van der Waals surface area contributed by atoms with Crippen molar-refractivity contribution in [3.8, 4) is 11.3 Å². The predicted octanol–water partition coefficient (Wildman–Crippen LogP) is 4.36. The van der Waals surface area contributed by atoms with Crippen LogP contribution < -0.4 is 5.32 Å². The molecule has 2 aromatic carbocycles. The molecule has 0 unspecified atom stereocenters. The number of piperazine rings is 1. The van der Waals surface area contributed by atoms with Gasteiger partial charge in [0.05, 0.1) is 28.4 Å². The van der Waals surface area contributed by atoms with Crippen LogP contribution in [-0.4, -0.2) is 72.5 Å². The summed E-state index contributed by atoms with van der Waals surface area (Å²) in [6.45, 7) is 3.88. The van der Waals surface area contributed by atoms with Crippen LogP contribution in [0.3, 0.4) is 0 Å². The van der Waals surface area contributed by atoms with E-state index in [2.05, 4.69) is 10.3 Å². The molecule has 4 rings (SSSR count). The Bertz CT molecular complexity index is 1320. The molecule has 1 fully saturated rings. The molecule has 0 saturated carbocycles. The fourth-order valence-electron chi connectivity index (χ4n) is 4.02. The van der Waals surface area contributed by atoms with Crippen molar-refractivity contribution in [2.24, 2.45) is 0 Å². The van der Waals surface area contributed by atoms with Gasteiger partial charge in [0.25, 0.3) is 11.8 Å². The molecule has 2 heterocycles. The number of rotatable bonds is 5. The number of benzene rings is 2. The number of hydrogen-bond donors (Lipinski definition) is 1. The fourth-order valence-corrected chi connectivity index (χ4v) is 4.28. The average molecular weight is 513 g/mol. The molecule has 0 aliphatic carbocycles. The van der Waals surface area contributed by atoms with Crippen LogP contribution in [0.4, 0.5) is 9.18 Å². The molecule has 36 heavy (non-hydrogen) atoms. The molecular formula is C26H26ClFN4O4. The number of hydrogen-bond acceptors (Lipinski definition) is 5. The first-order chi connectivity index (χ1) is 17.3. The number of amides is 3. The summed E-state index contributed by atoms with van der Waals surface area (Å²) < 4.78 is 19.3. The van der Waals surface area contributed by atoms with Crippen LogP contribution >= 0.6 is 11.6 Å². The lowest BCUT2D eigenvalue weighted by Gasteiger charge is -2.34. The largest absolute Gasteiger partial charge is 0.449 e. The highest BCUT2D eigenvalue weighted by Crippen LogP contribution is 2.30. The third-order valence-corrected chi connectivity index (χ3v) is 6.31. The molecule has 1 aromatic heterocycles.